The molecule has 1 aromatic heterocycles. The van der Waals surface area contributed by atoms with Crippen LogP contribution in [-0.4, -0.2) is 31.3 Å². The molecule has 0 bridgehead atoms. The zero-order valence-corrected chi connectivity index (χ0v) is 8.42. The molecule has 76 valence electrons. The molecule has 2 heterocycles. The van der Waals surface area contributed by atoms with E-state index in [9.17, 15) is 0 Å². The minimum atomic E-state index is 0.338. The Morgan fingerprint density at radius 2 is 2.21 bits per heavy atom. The predicted octanol–water partition coefficient (Wildman–Crippen LogP) is -0.0321. The molecule has 0 aromatic carbocycles. The van der Waals surface area contributed by atoms with Crippen molar-refractivity contribution in [3.63, 3.8) is 0 Å². The van der Waals surface area contributed by atoms with Gasteiger partial charge in [0.15, 0.2) is 5.69 Å². The smallest absolute Gasteiger partial charge is 0.249 e. The van der Waals surface area contributed by atoms with Gasteiger partial charge >= 0.3 is 0 Å². The van der Waals surface area contributed by atoms with Crippen molar-refractivity contribution >= 4 is 23.1 Å². The number of rotatable bonds is 1. The Kier molecular flexibility index (Phi) is 2.69. The number of ether oxygens (including phenoxy) is 1. The largest absolute Gasteiger partial charge is 0.390 e. The monoisotopic (exact) mass is 215 g/mol. The van der Waals surface area contributed by atoms with Crippen LogP contribution in [0.2, 0.25) is 5.15 Å². The lowest BCUT2D eigenvalue weighted by Crippen LogP contribution is -2.40. The van der Waals surface area contributed by atoms with E-state index in [2.05, 4.69) is 14.9 Å². The topological polar surface area (TPSA) is 65.5 Å². The van der Waals surface area contributed by atoms with Gasteiger partial charge in [0.2, 0.25) is 17.3 Å². The second-order valence-electron chi connectivity index (χ2n) is 3.06. The molecule has 1 aliphatic heterocycles. The average Bonchev–Trinajstić information content (AvgIpc) is 2.23. The Labute approximate surface area is 86.8 Å². The molecule has 0 amide bonds. The Balaban J connectivity index is 2.26. The molecule has 5 nitrogen and oxygen atoms in total. The van der Waals surface area contributed by atoms with Gasteiger partial charge in [0.1, 0.15) is 0 Å². The van der Waals surface area contributed by atoms with Gasteiger partial charge in [0.25, 0.3) is 0 Å². The quantitative estimate of drug-likeness (QED) is 0.668. The minimum absolute atomic E-state index is 0.338. The number of H-pyrrole nitrogens is 1. The van der Waals surface area contributed by atoms with E-state index in [1.807, 2.05) is 0 Å². The first-order valence-corrected chi connectivity index (χ1v) is 4.81. The molecular weight excluding hydrogens is 204 g/mol. The van der Waals surface area contributed by atoms with Crippen LogP contribution in [0.15, 0.2) is 6.33 Å². The van der Waals surface area contributed by atoms with Gasteiger partial charge in [0, 0.05) is 0 Å². The molecule has 1 fully saturated rings. The molecule has 1 aromatic rings. The fourth-order valence-electron chi connectivity index (χ4n) is 1.44. The summed E-state index contributed by atoms with van der Waals surface area (Å²) in [5.74, 6) is 0.827. The second-order valence-corrected chi connectivity index (χ2v) is 3.41. The van der Waals surface area contributed by atoms with Crippen LogP contribution in [-0.2, 0) is 4.74 Å². The van der Waals surface area contributed by atoms with Crippen molar-refractivity contribution in [1.29, 1.82) is 0 Å². The molecule has 0 unspecified atom stereocenters. The maximum Gasteiger partial charge on any atom is 0.249 e. The fraction of sp³-hybridized carbons (Fsp3) is 0.500. The fourth-order valence-corrected chi connectivity index (χ4v) is 1.58. The molecule has 2 rings (SSSR count). The predicted molar refractivity (Wildman–Crippen MR) is 53.2 cm³/mol. The van der Waals surface area contributed by atoms with Crippen molar-refractivity contribution in [2.75, 3.05) is 36.9 Å². The van der Waals surface area contributed by atoms with Crippen molar-refractivity contribution in [3.8, 4) is 0 Å². The highest BCUT2D eigenvalue weighted by Crippen LogP contribution is 2.23. The molecule has 0 atom stereocenters. The summed E-state index contributed by atoms with van der Waals surface area (Å²) in [5.41, 5.74) is 6.30. The van der Waals surface area contributed by atoms with Crippen LogP contribution >= 0.6 is 11.6 Å². The maximum atomic E-state index is 5.82. The number of halogens is 1. The summed E-state index contributed by atoms with van der Waals surface area (Å²) in [7, 11) is 0. The van der Waals surface area contributed by atoms with Gasteiger partial charge in [-0.15, -0.1) is 0 Å². The molecule has 0 radical (unpaired) electrons. The molecule has 3 N–H and O–H groups in total. The Bertz CT molecular complexity index is 327. The van der Waals surface area contributed by atoms with E-state index >= 15 is 0 Å². The first kappa shape index (κ1) is 9.48. The summed E-state index contributed by atoms with van der Waals surface area (Å²) < 4.78 is 5.25. The zero-order valence-electron chi connectivity index (χ0n) is 7.66. The summed E-state index contributed by atoms with van der Waals surface area (Å²) in [6.07, 6.45) is 1.55. The van der Waals surface area contributed by atoms with Gasteiger partial charge < -0.3 is 10.5 Å². The van der Waals surface area contributed by atoms with Crippen molar-refractivity contribution < 1.29 is 9.72 Å². The van der Waals surface area contributed by atoms with Crippen LogP contribution in [0.1, 0.15) is 0 Å². The lowest BCUT2D eigenvalue weighted by Gasteiger charge is -2.23. The number of hydrogen-bond acceptors (Lipinski definition) is 4. The van der Waals surface area contributed by atoms with Crippen molar-refractivity contribution in [3.05, 3.63) is 11.5 Å². The van der Waals surface area contributed by atoms with Gasteiger partial charge in [-0.25, -0.2) is 4.98 Å². The number of nitrogen functional groups attached to an aromatic ring is 1. The lowest BCUT2D eigenvalue weighted by atomic mass is 10.4. The van der Waals surface area contributed by atoms with E-state index in [4.69, 9.17) is 22.1 Å². The number of hydrogen-bond donors (Lipinski definition) is 1. The molecule has 0 spiro atoms. The first-order chi connectivity index (χ1) is 6.79. The highest BCUT2D eigenvalue weighted by molar-refractivity contribution is 6.32. The molecule has 1 saturated heterocycles. The van der Waals surface area contributed by atoms with Crippen LogP contribution in [0.4, 0.5) is 11.5 Å². The summed E-state index contributed by atoms with van der Waals surface area (Å²) in [6.45, 7) is 3.07. The minimum Gasteiger partial charge on any atom is -0.390 e. The zero-order chi connectivity index (χ0) is 9.97. The van der Waals surface area contributed by atoms with Crippen LogP contribution in [0, 0.1) is 0 Å². The molecule has 0 saturated carbocycles. The van der Waals surface area contributed by atoms with E-state index in [1.54, 1.807) is 6.33 Å². The van der Waals surface area contributed by atoms with Crippen molar-refractivity contribution in [2.24, 2.45) is 0 Å². The normalized spacial score (nSPS) is 17.1. The van der Waals surface area contributed by atoms with E-state index in [0.717, 1.165) is 18.9 Å². The maximum absolute atomic E-state index is 5.82. The highest BCUT2D eigenvalue weighted by atomic mass is 35.5. The molecule has 1 aliphatic rings. The highest BCUT2D eigenvalue weighted by Gasteiger charge is 2.21. The Morgan fingerprint density at radius 3 is 2.93 bits per heavy atom. The third-order valence-corrected chi connectivity index (χ3v) is 2.49. The van der Waals surface area contributed by atoms with Gasteiger partial charge in [-0.3, -0.25) is 4.90 Å². The van der Waals surface area contributed by atoms with Crippen molar-refractivity contribution in [2.45, 2.75) is 0 Å². The summed E-state index contributed by atoms with van der Waals surface area (Å²) >= 11 is 5.82. The Morgan fingerprint density at radius 1 is 1.50 bits per heavy atom. The third-order valence-electron chi connectivity index (χ3n) is 2.18. The number of aromatic amines is 1. The standard InChI is InChI=1S/C8H11ClN4O/c9-7-6(10)8(12-5-11-7)13-1-3-14-4-2-13/h5H,1-4,10H2/p+1. The van der Waals surface area contributed by atoms with E-state index in [-0.39, 0.29) is 0 Å². The van der Waals surface area contributed by atoms with Crippen molar-refractivity contribution in [1.82, 2.24) is 4.98 Å². The summed E-state index contributed by atoms with van der Waals surface area (Å²) in [6, 6.07) is 0. The van der Waals surface area contributed by atoms with E-state index in [1.165, 1.54) is 0 Å². The van der Waals surface area contributed by atoms with Gasteiger partial charge in [-0.1, -0.05) is 4.98 Å². The van der Waals surface area contributed by atoms with Gasteiger partial charge in [-0.05, 0) is 11.6 Å². The molecule has 14 heavy (non-hydrogen) atoms. The number of nitrogens with zero attached hydrogens (tertiary/aromatic N) is 2. The third kappa shape index (κ3) is 1.73. The van der Waals surface area contributed by atoms with Gasteiger partial charge in [-0.2, -0.15) is 0 Å². The average molecular weight is 216 g/mol. The van der Waals surface area contributed by atoms with Crippen LogP contribution in [0.3, 0.4) is 0 Å². The summed E-state index contributed by atoms with van der Waals surface area (Å²) in [4.78, 5) is 8.96. The SMILES string of the molecule is Nc1c(Cl)nc[nH+]c1N1CCOCC1. The second kappa shape index (κ2) is 3.98. The number of morpholine rings is 1. The molecule has 6 heteroatoms. The van der Waals surface area contributed by atoms with Gasteiger partial charge in [0.05, 0.1) is 26.3 Å². The van der Waals surface area contributed by atoms with E-state index < -0.39 is 0 Å². The van der Waals surface area contributed by atoms with Crippen LogP contribution in [0.5, 0.6) is 0 Å². The number of nitrogens with two attached hydrogens (primary N) is 1. The number of nitrogens with one attached hydrogen (secondary N) is 1. The van der Waals surface area contributed by atoms with Crippen LogP contribution in [0.25, 0.3) is 0 Å². The van der Waals surface area contributed by atoms with E-state index in [0.29, 0.717) is 24.1 Å². The first-order valence-electron chi connectivity index (χ1n) is 4.43. The molecule has 0 aliphatic carbocycles. The molecular formula is C8H12ClN4O+. The lowest BCUT2D eigenvalue weighted by molar-refractivity contribution is -0.368. The number of aromatic nitrogens is 2. The number of anilines is 2. The van der Waals surface area contributed by atoms with Crippen LogP contribution < -0.4 is 15.6 Å². The Hall–Kier alpha value is -1.07. The summed E-state index contributed by atoms with van der Waals surface area (Å²) in [5, 5.41) is 0.338.